The van der Waals surface area contributed by atoms with Crippen molar-refractivity contribution in [3.63, 3.8) is 0 Å². The van der Waals surface area contributed by atoms with E-state index in [2.05, 4.69) is 5.10 Å². The van der Waals surface area contributed by atoms with Gasteiger partial charge in [-0.25, -0.2) is 0 Å². The van der Waals surface area contributed by atoms with E-state index in [4.69, 9.17) is 10.00 Å². The number of ketones is 1. The lowest BCUT2D eigenvalue weighted by atomic mass is 10.1. The van der Waals surface area contributed by atoms with Gasteiger partial charge in [-0.2, -0.15) is 10.4 Å². The number of carbonyl (C=O) groups excluding carboxylic acids is 1. The highest BCUT2D eigenvalue weighted by molar-refractivity contribution is 6.07. The number of aryl methyl sites for hydroxylation is 1. The minimum Gasteiger partial charge on any atom is -0.497 e. The molecule has 0 fully saturated rings. The molecule has 5 nitrogen and oxygen atoms in total. The highest BCUT2D eigenvalue weighted by Gasteiger charge is 2.16. The first-order valence-corrected chi connectivity index (χ1v) is 5.08. The van der Waals surface area contributed by atoms with Crippen LogP contribution in [0.2, 0.25) is 0 Å². The topological polar surface area (TPSA) is 67.9 Å². The van der Waals surface area contributed by atoms with Crippen molar-refractivity contribution in [3.05, 3.63) is 23.9 Å². The van der Waals surface area contributed by atoms with Crippen molar-refractivity contribution in [1.29, 1.82) is 5.26 Å². The Morgan fingerprint density at radius 2 is 2.35 bits per heavy atom. The minimum atomic E-state index is -0.272. The maximum atomic E-state index is 11.7. The summed E-state index contributed by atoms with van der Waals surface area (Å²) in [6.45, 7) is 0. The fraction of sp³-hybridized carbons (Fsp3) is 0.250. The largest absolute Gasteiger partial charge is 0.497 e. The smallest absolute Gasteiger partial charge is 0.197 e. The fourth-order valence-electron chi connectivity index (χ4n) is 1.73. The Kier molecular flexibility index (Phi) is 2.79. The van der Waals surface area contributed by atoms with E-state index in [1.807, 2.05) is 18.2 Å². The molecule has 0 saturated carbocycles. The van der Waals surface area contributed by atoms with Crippen molar-refractivity contribution in [1.82, 2.24) is 9.78 Å². The van der Waals surface area contributed by atoms with E-state index in [-0.39, 0.29) is 12.2 Å². The molecular weight excluding hydrogens is 218 g/mol. The zero-order chi connectivity index (χ0) is 12.4. The molecule has 1 aromatic heterocycles. The summed E-state index contributed by atoms with van der Waals surface area (Å²) in [6, 6.07) is 7.24. The maximum absolute atomic E-state index is 11.7. The van der Waals surface area contributed by atoms with E-state index in [0.29, 0.717) is 16.8 Å². The minimum absolute atomic E-state index is 0.163. The number of benzene rings is 1. The van der Waals surface area contributed by atoms with Crippen LogP contribution in [0.25, 0.3) is 10.9 Å². The van der Waals surface area contributed by atoms with E-state index in [0.717, 1.165) is 5.52 Å². The Labute approximate surface area is 98.2 Å². The number of carbonyl (C=O) groups is 1. The van der Waals surface area contributed by atoms with E-state index < -0.39 is 0 Å². The summed E-state index contributed by atoms with van der Waals surface area (Å²) in [5.74, 6) is 0.392. The second-order valence-electron chi connectivity index (χ2n) is 3.61. The molecule has 17 heavy (non-hydrogen) atoms. The molecule has 0 aliphatic heterocycles. The molecular formula is C12H11N3O2. The number of hydrogen-bond donors (Lipinski definition) is 0. The van der Waals surface area contributed by atoms with Crippen LogP contribution >= 0.6 is 0 Å². The Hall–Kier alpha value is -2.35. The molecule has 0 spiro atoms. The summed E-state index contributed by atoms with van der Waals surface area (Å²) in [6.07, 6.45) is -0.163. The zero-order valence-corrected chi connectivity index (χ0v) is 9.60. The highest BCUT2D eigenvalue weighted by Crippen LogP contribution is 2.24. The summed E-state index contributed by atoms with van der Waals surface area (Å²) < 4.78 is 6.74. The molecule has 0 saturated heterocycles. The van der Waals surface area contributed by atoms with Crippen LogP contribution in [0, 0.1) is 11.3 Å². The zero-order valence-electron chi connectivity index (χ0n) is 9.60. The van der Waals surface area contributed by atoms with Gasteiger partial charge in [0, 0.05) is 12.4 Å². The number of hydrogen-bond acceptors (Lipinski definition) is 4. The summed E-state index contributed by atoms with van der Waals surface area (Å²) in [4.78, 5) is 11.7. The third-order valence-electron chi connectivity index (χ3n) is 2.56. The molecule has 0 N–H and O–H groups in total. The molecule has 1 heterocycles. The van der Waals surface area contributed by atoms with Crippen molar-refractivity contribution in [2.75, 3.05) is 7.11 Å². The van der Waals surface area contributed by atoms with Gasteiger partial charge in [-0.05, 0) is 18.2 Å². The van der Waals surface area contributed by atoms with E-state index in [1.54, 1.807) is 24.9 Å². The number of fused-ring (bicyclic) bond motifs is 1. The fourth-order valence-corrected chi connectivity index (χ4v) is 1.73. The van der Waals surface area contributed by atoms with Gasteiger partial charge < -0.3 is 4.74 Å². The number of methoxy groups -OCH3 is 1. The third-order valence-corrected chi connectivity index (χ3v) is 2.56. The van der Waals surface area contributed by atoms with Gasteiger partial charge in [0.05, 0.1) is 18.7 Å². The molecule has 1 aromatic carbocycles. The van der Waals surface area contributed by atoms with Crippen molar-refractivity contribution in [2.45, 2.75) is 6.42 Å². The van der Waals surface area contributed by atoms with Crippen molar-refractivity contribution in [3.8, 4) is 11.8 Å². The van der Waals surface area contributed by atoms with Crippen LogP contribution in [0.1, 0.15) is 16.9 Å². The first-order chi connectivity index (χ1) is 8.17. The molecule has 0 amide bonds. The molecule has 0 unspecified atom stereocenters. The lowest BCUT2D eigenvalue weighted by Crippen LogP contribution is -2.00. The number of nitriles is 1. The number of Topliss-reactive ketones (excluding diaryl/α,β-unsaturated/α-hetero) is 1. The molecule has 0 aliphatic carbocycles. The van der Waals surface area contributed by atoms with Gasteiger partial charge in [0.2, 0.25) is 0 Å². The van der Waals surface area contributed by atoms with Gasteiger partial charge in [-0.3, -0.25) is 9.48 Å². The predicted octanol–water partition coefficient (Wildman–Crippen LogP) is 1.68. The molecule has 2 rings (SSSR count). The first kappa shape index (κ1) is 11.1. The van der Waals surface area contributed by atoms with Gasteiger partial charge in [-0.1, -0.05) is 0 Å². The number of rotatable bonds is 3. The Balaban J connectivity index is 2.63. The molecule has 0 aliphatic rings. The van der Waals surface area contributed by atoms with Crippen LogP contribution in [0.3, 0.4) is 0 Å². The Morgan fingerprint density at radius 1 is 1.59 bits per heavy atom. The normalized spacial score (nSPS) is 10.2. The Morgan fingerprint density at radius 3 is 3.00 bits per heavy atom. The summed E-state index contributed by atoms with van der Waals surface area (Å²) >= 11 is 0. The van der Waals surface area contributed by atoms with E-state index >= 15 is 0 Å². The monoisotopic (exact) mass is 229 g/mol. The lowest BCUT2D eigenvalue weighted by Gasteiger charge is -1.99. The standard InChI is InChI=1S/C12H11N3O2/c1-15-10-4-3-8(17-2)7-9(10)12(14-15)11(16)5-6-13/h3-4,7H,5H2,1-2H3. The maximum Gasteiger partial charge on any atom is 0.197 e. The summed E-state index contributed by atoms with van der Waals surface area (Å²) in [5.41, 5.74) is 1.16. The number of ether oxygens (including phenoxy) is 1. The lowest BCUT2D eigenvalue weighted by molar-refractivity contribution is 0.0994. The van der Waals surface area contributed by atoms with Crippen LogP contribution in [0.15, 0.2) is 18.2 Å². The van der Waals surface area contributed by atoms with Crippen LogP contribution in [0.4, 0.5) is 0 Å². The average molecular weight is 229 g/mol. The van der Waals surface area contributed by atoms with Crippen LogP contribution in [0.5, 0.6) is 5.75 Å². The number of aromatic nitrogens is 2. The average Bonchev–Trinajstić information content (AvgIpc) is 2.66. The number of nitrogens with zero attached hydrogens (tertiary/aromatic N) is 3. The van der Waals surface area contributed by atoms with Gasteiger partial charge in [-0.15, -0.1) is 0 Å². The summed E-state index contributed by atoms with van der Waals surface area (Å²) in [5, 5.41) is 13.4. The molecule has 86 valence electrons. The van der Waals surface area contributed by atoms with E-state index in [9.17, 15) is 4.79 Å². The predicted molar refractivity (Wildman–Crippen MR) is 61.8 cm³/mol. The first-order valence-electron chi connectivity index (χ1n) is 5.08. The van der Waals surface area contributed by atoms with Gasteiger partial charge in [0.1, 0.15) is 17.9 Å². The molecule has 2 aromatic rings. The highest BCUT2D eigenvalue weighted by atomic mass is 16.5. The second-order valence-corrected chi connectivity index (χ2v) is 3.61. The molecule has 5 heteroatoms. The SMILES string of the molecule is COc1ccc2c(c1)c(C(=O)CC#N)nn2C. The van der Waals surface area contributed by atoms with Crippen LogP contribution < -0.4 is 4.74 Å². The van der Waals surface area contributed by atoms with Gasteiger partial charge in [0.25, 0.3) is 0 Å². The van der Waals surface area contributed by atoms with Crippen molar-refractivity contribution >= 4 is 16.7 Å². The van der Waals surface area contributed by atoms with E-state index in [1.165, 1.54) is 0 Å². The van der Waals surface area contributed by atoms with Crippen molar-refractivity contribution < 1.29 is 9.53 Å². The Bertz CT molecular complexity index is 622. The third kappa shape index (κ3) is 1.85. The van der Waals surface area contributed by atoms with Crippen molar-refractivity contribution in [2.24, 2.45) is 7.05 Å². The molecule has 0 radical (unpaired) electrons. The van der Waals surface area contributed by atoms with Gasteiger partial charge >= 0.3 is 0 Å². The second kappa shape index (κ2) is 4.26. The van der Waals surface area contributed by atoms with Crippen LogP contribution in [-0.4, -0.2) is 22.7 Å². The van der Waals surface area contributed by atoms with Gasteiger partial charge in [0.15, 0.2) is 5.78 Å². The molecule has 0 atom stereocenters. The van der Waals surface area contributed by atoms with Crippen LogP contribution in [-0.2, 0) is 7.05 Å². The quantitative estimate of drug-likeness (QED) is 0.751. The molecule has 0 bridgehead atoms. The summed E-state index contributed by atoms with van der Waals surface area (Å²) in [7, 11) is 3.33.